The maximum absolute atomic E-state index is 13.2. The summed E-state index contributed by atoms with van der Waals surface area (Å²) in [6.45, 7) is 16.5. The van der Waals surface area contributed by atoms with Crippen LogP contribution >= 0.6 is 0 Å². The fourth-order valence-electron chi connectivity index (χ4n) is 5.10. The molecule has 1 unspecified atom stereocenters. The van der Waals surface area contributed by atoms with Crippen molar-refractivity contribution >= 4 is 28.9 Å². The zero-order valence-electron chi connectivity index (χ0n) is 30.4. The zero-order valence-corrected chi connectivity index (χ0v) is 30.4. The molecular weight excluding hydrogens is 645 g/mol. The van der Waals surface area contributed by atoms with E-state index < -0.39 is 17.6 Å². The summed E-state index contributed by atoms with van der Waals surface area (Å²) in [5.41, 5.74) is 2.14. The SMILES string of the molecule is CCCN(CCOC)CCC(C)CC.CNc1cc(-n2nc(C)cc2Nc2cc(NC(=O)c3cc(C)cc(C(F)(F)F)c3)ccc2C)ncn1. The van der Waals surface area contributed by atoms with Crippen LogP contribution in [0.5, 0.6) is 0 Å². The number of nitrogens with zero attached hydrogens (tertiary/aromatic N) is 5. The van der Waals surface area contributed by atoms with Crippen LogP contribution in [-0.4, -0.2) is 71.0 Å². The highest BCUT2D eigenvalue weighted by atomic mass is 19.4. The Balaban J connectivity index is 0.000000409. The van der Waals surface area contributed by atoms with Crippen molar-refractivity contribution < 1.29 is 22.7 Å². The highest BCUT2D eigenvalue weighted by Crippen LogP contribution is 2.31. The lowest BCUT2D eigenvalue weighted by molar-refractivity contribution is -0.137. The van der Waals surface area contributed by atoms with Gasteiger partial charge in [-0.15, -0.1) is 0 Å². The van der Waals surface area contributed by atoms with Gasteiger partial charge in [0, 0.05) is 49.8 Å². The van der Waals surface area contributed by atoms with Gasteiger partial charge in [0.2, 0.25) is 0 Å². The molecule has 0 spiro atoms. The van der Waals surface area contributed by atoms with Crippen LogP contribution < -0.4 is 16.0 Å². The molecule has 4 rings (SSSR count). The van der Waals surface area contributed by atoms with Crippen LogP contribution in [0.3, 0.4) is 0 Å². The molecular formula is C37H51F3N8O2. The van der Waals surface area contributed by atoms with Crippen molar-refractivity contribution in [3.8, 4) is 5.82 Å². The summed E-state index contributed by atoms with van der Waals surface area (Å²) in [7, 11) is 3.53. The second-order valence-electron chi connectivity index (χ2n) is 12.4. The first-order valence-corrected chi connectivity index (χ1v) is 16.9. The van der Waals surface area contributed by atoms with E-state index in [1.165, 1.54) is 51.7 Å². The molecule has 13 heteroatoms. The van der Waals surface area contributed by atoms with Crippen LogP contribution in [-0.2, 0) is 10.9 Å². The number of hydrogen-bond acceptors (Lipinski definition) is 8. The van der Waals surface area contributed by atoms with Gasteiger partial charge in [-0.3, -0.25) is 4.79 Å². The normalized spacial score (nSPS) is 11.9. The Morgan fingerprint density at radius 1 is 1.00 bits per heavy atom. The van der Waals surface area contributed by atoms with Crippen molar-refractivity contribution in [1.82, 2.24) is 24.6 Å². The molecule has 10 nitrogen and oxygen atoms in total. The summed E-state index contributed by atoms with van der Waals surface area (Å²) < 4.78 is 46.3. The Labute approximate surface area is 293 Å². The quantitative estimate of drug-likeness (QED) is 0.114. The maximum Gasteiger partial charge on any atom is 0.416 e. The molecule has 0 radical (unpaired) electrons. The number of benzene rings is 2. The largest absolute Gasteiger partial charge is 0.416 e. The number of aromatic nitrogens is 4. The molecule has 2 aromatic heterocycles. The predicted molar refractivity (Wildman–Crippen MR) is 195 cm³/mol. The average Bonchev–Trinajstić information content (AvgIpc) is 3.46. The second-order valence-corrected chi connectivity index (χ2v) is 12.4. The van der Waals surface area contributed by atoms with E-state index in [9.17, 15) is 18.0 Å². The molecule has 1 amide bonds. The molecule has 0 saturated heterocycles. The van der Waals surface area contributed by atoms with Crippen molar-refractivity contribution in [2.24, 2.45) is 5.92 Å². The summed E-state index contributed by atoms with van der Waals surface area (Å²) in [5, 5.41) is 13.5. The minimum absolute atomic E-state index is 0.0739. The molecule has 1 atom stereocenters. The number of rotatable bonds is 15. The van der Waals surface area contributed by atoms with Crippen LogP contribution in [0.4, 0.5) is 36.2 Å². The molecule has 272 valence electrons. The number of halogens is 3. The summed E-state index contributed by atoms with van der Waals surface area (Å²) >= 11 is 0. The number of methoxy groups -OCH3 is 1. The standard InChI is InChI=1S/C25H24F3N7O.C12H27NO/c1-14-7-17(10-18(8-14)25(26,27)28)24(36)32-19-6-5-15(2)20(11-19)33-23-9-16(3)34-35(23)22-12-21(29-4)30-13-31-22;1-5-8-13(10-11-14-4)9-7-12(3)6-2/h5-13,33H,1-4H3,(H,32,36)(H,29,30,31);12H,5-11H2,1-4H3. The second kappa shape index (κ2) is 19.0. The van der Waals surface area contributed by atoms with E-state index >= 15 is 0 Å². The van der Waals surface area contributed by atoms with Gasteiger partial charge < -0.3 is 25.6 Å². The number of carbonyl (C=O) groups is 1. The molecule has 2 heterocycles. The van der Waals surface area contributed by atoms with Gasteiger partial charge in [0.15, 0.2) is 5.82 Å². The van der Waals surface area contributed by atoms with Crippen LogP contribution in [0.2, 0.25) is 0 Å². The lowest BCUT2D eigenvalue weighted by atomic mass is 10.1. The van der Waals surface area contributed by atoms with Gasteiger partial charge in [-0.05, 0) is 94.1 Å². The fraction of sp³-hybridized carbons (Fsp3) is 0.459. The van der Waals surface area contributed by atoms with Crippen molar-refractivity contribution in [1.29, 1.82) is 0 Å². The van der Waals surface area contributed by atoms with Crippen molar-refractivity contribution in [3.05, 3.63) is 82.8 Å². The molecule has 0 aliphatic heterocycles. The van der Waals surface area contributed by atoms with E-state index in [0.29, 0.717) is 34.4 Å². The number of alkyl halides is 3. The molecule has 2 aromatic carbocycles. The van der Waals surface area contributed by atoms with Gasteiger partial charge in [0.25, 0.3) is 5.91 Å². The molecule has 0 aliphatic rings. The summed E-state index contributed by atoms with van der Waals surface area (Å²) in [4.78, 5) is 23.7. The van der Waals surface area contributed by atoms with E-state index in [4.69, 9.17) is 4.74 Å². The first-order chi connectivity index (χ1) is 23.8. The third-order valence-corrected chi connectivity index (χ3v) is 8.17. The minimum atomic E-state index is -4.54. The molecule has 0 saturated carbocycles. The maximum atomic E-state index is 13.2. The van der Waals surface area contributed by atoms with E-state index in [0.717, 1.165) is 42.5 Å². The summed E-state index contributed by atoms with van der Waals surface area (Å²) in [6, 6.07) is 12.1. The smallest absolute Gasteiger partial charge is 0.383 e. The Morgan fingerprint density at radius 3 is 2.42 bits per heavy atom. The van der Waals surface area contributed by atoms with Gasteiger partial charge >= 0.3 is 6.18 Å². The first-order valence-electron chi connectivity index (χ1n) is 16.9. The summed E-state index contributed by atoms with van der Waals surface area (Å²) in [5.74, 6) is 2.03. The third-order valence-electron chi connectivity index (χ3n) is 8.17. The molecule has 4 aromatic rings. The van der Waals surface area contributed by atoms with Gasteiger partial charge in [-0.1, -0.05) is 33.3 Å². The lowest BCUT2D eigenvalue weighted by Gasteiger charge is -2.22. The minimum Gasteiger partial charge on any atom is -0.383 e. The highest BCUT2D eigenvalue weighted by molar-refractivity contribution is 6.04. The van der Waals surface area contributed by atoms with E-state index in [-0.39, 0.29) is 5.56 Å². The van der Waals surface area contributed by atoms with E-state index in [2.05, 4.69) is 56.7 Å². The van der Waals surface area contributed by atoms with Gasteiger partial charge in [0.05, 0.1) is 17.9 Å². The number of carbonyl (C=O) groups excluding carboxylic acids is 1. The van der Waals surface area contributed by atoms with Crippen LogP contribution in [0, 0.1) is 26.7 Å². The number of anilines is 4. The molecule has 0 bridgehead atoms. The molecule has 0 aliphatic carbocycles. The Morgan fingerprint density at radius 2 is 1.76 bits per heavy atom. The number of nitrogens with one attached hydrogen (secondary N) is 3. The number of amides is 1. The first kappa shape index (κ1) is 39.9. The monoisotopic (exact) mass is 696 g/mol. The highest BCUT2D eigenvalue weighted by Gasteiger charge is 2.31. The van der Waals surface area contributed by atoms with Crippen LogP contribution in [0.15, 0.2) is 54.9 Å². The van der Waals surface area contributed by atoms with Crippen LogP contribution in [0.25, 0.3) is 5.82 Å². The topological polar surface area (TPSA) is 109 Å². The molecule has 0 fully saturated rings. The molecule has 3 N–H and O–H groups in total. The average molecular weight is 697 g/mol. The fourth-order valence-corrected chi connectivity index (χ4v) is 5.10. The van der Waals surface area contributed by atoms with Gasteiger partial charge in [-0.25, -0.2) is 9.97 Å². The zero-order chi connectivity index (χ0) is 36.8. The Kier molecular flexibility index (Phi) is 15.2. The Bertz CT molecular complexity index is 1670. The van der Waals surface area contributed by atoms with Crippen molar-refractivity contribution in [2.75, 3.05) is 56.3 Å². The predicted octanol–water partition coefficient (Wildman–Crippen LogP) is 8.42. The van der Waals surface area contributed by atoms with E-state index in [1.54, 1.807) is 43.1 Å². The lowest BCUT2D eigenvalue weighted by Crippen LogP contribution is -2.30. The van der Waals surface area contributed by atoms with Crippen molar-refractivity contribution in [2.45, 2.75) is 67.0 Å². The van der Waals surface area contributed by atoms with Crippen LogP contribution in [0.1, 0.15) is 72.8 Å². The van der Waals surface area contributed by atoms with E-state index in [1.807, 2.05) is 19.9 Å². The summed E-state index contributed by atoms with van der Waals surface area (Å²) in [6.07, 6.45) is 0.744. The number of ether oxygens (including phenoxy) is 1. The van der Waals surface area contributed by atoms with Gasteiger partial charge in [0.1, 0.15) is 18.0 Å². The van der Waals surface area contributed by atoms with Gasteiger partial charge in [-0.2, -0.15) is 23.0 Å². The number of hydrogen-bond donors (Lipinski definition) is 3. The Hall–Kier alpha value is -4.49. The van der Waals surface area contributed by atoms with Crippen molar-refractivity contribution in [3.63, 3.8) is 0 Å². The number of aryl methyl sites for hydroxylation is 3. The third kappa shape index (κ3) is 12.1. The molecule has 50 heavy (non-hydrogen) atoms.